The van der Waals surface area contributed by atoms with E-state index in [2.05, 4.69) is 21.7 Å². The molecule has 2 aromatic carbocycles. The van der Waals surface area contributed by atoms with Gasteiger partial charge in [-0.1, -0.05) is 24.3 Å². The zero-order valence-corrected chi connectivity index (χ0v) is 15.7. The van der Waals surface area contributed by atoms with Crippen LogP contribution in [0.3, 0.4) is 0 Å². The topological polar surface area (TPSA) is 104 Å². The monoisotopic (exact) mass is 386 g/mol. The summed E-state index contributed by atoms with van der Waals surface area (Å²) in [4.78, 5) is 28.8. The second-order valence-corrected chi connectivity index (χ2v) is 5.93. The molecule has 7 heteroatoms. The third-order valence-electron chi connectivity index (χ3n) is 4.01. The molecule has 0 spiro atoms. The van der Waals surface area contributed by atoms with Crippen LogP contribution in [0.1, 0.15) is 33.2 Å². The number of aromatic nitrogens is 1. The summed E-state index contributed by atoms with van der Waals surface area (Å²) < 4.78 is 5.01. The van der Waals surface area contributed by atoms with E-state index >= 15 is 0 Å². The average Bonchev–Trinajstić information content (AvgIpc) is 2.75. The SMILES string of the molecule is CCOC(=O)c1ccccc1NC(=O)c1ccc(Nc2ccccc2C#N)nc1. The van der Waals surface area contributed by atoms with Gasteiger partial charge in [-0.25, -0.2) is 9.78 Å². The molecule has 0 saturated heterocycles. The molecule has 7 nitrogen and oxygen atoms in total. The summed E-state index contributed by atoms with van der Waals surface area (Å²) in [7, 11) is 0. The van der Waals surface area contributed by atoms with Crippen molar-refractivity contribution in [2.75, 3.05) is 17.2 Å². The molecule has 0 bridgehead atoms. The van der Waals surface area contributed by atoms with Crippen LogP contribution in [-0.4, -0.2) is 23.5 Å². The fraction of sp³-hybridized carbons (Fsp3) is 0.0909. The lowest BCUT2D eigenvalue weighted by molar-refractivity contribution is 0.0527. The van der Waals surface area contributed by atoms with Crippen LogP contribution in [-0.2, 0) is 4.74 Å². The van der Waals surface area contributed by atoms with Crippen molar-refractivity contribution in [2.45, 2.75) is 6.92 Å². The Balaban J connectivity index is 1.73. The van der Waals surface area contributed by atoms with E-state index in [4.69, 9.17) is 10.00 Å². The molecular formula is C22H18N4O3. The van der Waals surface area contributed by atoms with Gasteiger partial charge in [0.1, 0.15) is 11.9 Å². The number of nitrogens with zero attached hydrogens (tertiary/aromatic N) is 2. The van der Waals surface area contributed by atoms with Gasteiger partial charge in [-0.3, -0.25) is 4.79 Å². The molecule has 0 radical (unpaired) electrons. The molecule has 0 saturated carbocycles. The van der Waals surface area contributed by atoms with Gasteiger partial charge in [-0.15, -0.1) is 0 Å². The Hall–Kier alpha value is -4.18. The molecule has 29 heavy (non-hydrogen) atoms. The molecule has 0 aliphatic rings. The second-order valence-electron chi connectivity index (χ2n) is 5.93. The van der Waals surface area contributed by atoms with Gasteiger partial charge >= 0.3 is 5.97 Å². The summed E-state index contributed by atoms with van der Waals surface area (Å²) in [5, 5.41) is 14.9. The fourth-order valence-corrected chi connectivity index (χ4v) is 2.60. The molecule has 1 heterocycles. The molecular weight excluding hydrogens is 368 g/mol. The van der Waals surface area contributed by atoms with E-state index in [0.717, 1.165) is 0 Å². The lowest BCUT2D eigenvalue weighted by Crippen LogP contribution is -2.16. The Morgan fingerprint density at radius 1 is 1.03 bits per heavy atom. The van der Waals surface area contributed by atoms with E-state index in [0.29, 0.717) is 28.3 Å². The Morgan fingerprint density at radius 2 is 1.76 bits per heavy atom. The number of anilines is 3. The van der Waals surface area contributed by atoms with Gasteiger partial charge < -0.3 is 15.4 Å². The van der Waals surface area contributed by atoms with Gasteiger partial charge in [0.05, 0.1) is 34.7 Å². The quantitative estimate of drug-likeness (QED) is 0.618. The molecule has 2 N–H and O–H groups in total. The van der Waals surface area contributed by atoms with Gasteiger partial charge in [0.2, 0.25) is 0 Å². The number of pyridine rings is 1. The standard InChI is InChI=1S/C22H18N4O3/c1-2-29-22(28)17-8-4-6-10-19(17)26-21(27)16-11-12-20(24-14-16)25-18-9-5-3-7-15(18)13-23/h3-12,14H,2H2,1H3,(H,24,25)(H,26,27). The summed E-state index contributed by atoms with van der Waals surface area (Å²) in [6.45, 7) is 1.96. The number of esters is 1. The maximum absolute atomic E-state index is 12.6. The van der Waals surface area contributed by atoms with Crippen LogP contribution < -0.4 is 10.6 Å². The number of rotatable bonds is 6. The van der Waals surface area contributed by atoms with E-state index in [1.165, 1.54) is 6.20 Å². The fourth-order valence-electron chi connectivity index (χ4n) is 2.60. The zero-order chi connectivity index (χ0) is 20.6. The second kappa shape index (κ2) is 9.15. The minimum Gasteiger partial charge on any atom is -0.462 e. The van der Waals surface area contributed by atoms with Crippen molar-refractivity contribution in [3.05, 3.63) is 83.6 Å². The maximum Gasteiger partial charge on any atom is 0.340 e. The van der Waals surface area contributed by atoms with Crippen molar-refractivity contribution in [2.24, 2.45) is 0 Å². The third kappa shape index (κ3) is 4.76. The van der Waals surface area contributed by atoms with E-state index in [-0.39, 0.29) is 12.2 Å². The van der Waals surface area contributed by atoms with Gasteiger partial charge in [0.15, 0.2) is 0 Å². The number of nitriles is 1. The maximum atomic E-state index is 12.6. The molecule has 3 aromatic rings. The van der Waals surface area contributed by atoms with E-state index in [9.17, 15) is 9.59 Å². The number of carbonyl (C=O) groups excluding carboxylic acids is 2. The van der Waals surface area contributed by atoms with Crippen molar-refractivity contribution in [1.82, 2.24) is 4.98 Å². The molecule has 0 fully saturated rings. The molecule has 0 aliphatic heterocycles. The molecule has 1 aromatic heterocycles. The number of nitrogens with one attached hydrogen (secondary N) is 2. The number of benzene rings is 2. The normalized spacial score (nSPS) is 9.93. The summed E-state index contributed by atoms with van der Waals surface area (Å²) in [5.41, 5.74) is 2.08. The van der Waals surface area contributed by atoms with Gasteiger partial charge in [-0.05, 0) is 43.3 Å². The number of hydrogen-bond acceptors (Lipinski definition) is 6. The summed E-state index contributed by atoms with van der Waals surface area (Å²) in [5.74, 6) is -0.411. The molecule has 3 rings (SSSR count). The highest BCUT2D eigenvalue weighted by atomic mass is 16.5. The first-order valence-electron chi connectivity index (χ1n) is 8.92. The first kappa shape index (κ1) is 19.6. The van der Waals surface area contributed by atoms with Crippen LogP contribution in [0.5, 0.6) is 0 Å². The van der Waals surface area contributed by atoms with Crippen LogP contribution >= 0.6 is 0 Å². The predicted octanol–water partition coefficient (Wildman–Crippen LogP) is 4.13. The minimum atomic E-state index is -0.503. The van der Waals surface area contributed by atoms with Crippen molar-refractivity contribution >= 4 is 29.1 Å². The number of ether oxygens (including phenoxy) is 1. The van der Waals surface area contributed by atoms with Crippen LogP contribution in [0.25, 0.3) is 0 Å². The molecule has 0 atom stereocenters. The van der Waals surface area contributed by atoms with E-state index in [1.807, 2.05) is 6.07 Å². The van der Waals surface area contributed by atoms with Crippen LogP contribution in [0.15, 0.2) is 66.9 Å². The van der Waals surface area contributed by atoms with Gasteiger partial charge in [0.25, 0.3) is 5.91 Å². The Morgan fingerprint density at radius 3 is 2.45 bits per heavy atom. The number of carbonyl (C=O) groups is 2. The number of amides is 1. The Kier molecular flexibility index (Phi) is 6.18. The summed E-state index contributed by atoms with van der Waals surface area (Å²) in [6, 6.07) is 19.0. The molecule has 1 amide bonds. The Bertz CT molecular complexity index is 1070. The number of para-hydroxylation sites is 2. The van der Waals surface area contributed by atoms with Crippen molar-refractivity contribution < 1.29 is 14.3 Å². The third-order valence-corrected chi connectivity index (χ3v) is 4.01. The van der Waals surface area contributed by atoms with Gasteiger partial charge in [-0.2, -0.15) is 5.26 Å². The van der Waals surface area contributed by atoms with Crippen molar-refractivity contribution in [3.8, 4) is 6.07 Å². The minimum absolute atomic E-state index is 0.244. The highest BCUT2D eigenvalue weighted by Crippen LogP contribution is 2.20. The van der Waals surface area contributed by atoms with Crippen LogP contribution in [0.2, 0.25) is 0 Å². The van der Waals surface area contributed by atoms with E-state index in [1.54, 1.807) is 61.5 Å². The lowest BCUT2D eigenvalue weighted by atomic mass is 10.1. The summed E-state index contributed by atoms with van der Waals surface area (Å²) in [6.07, 6.45) is 1.42. The molecule has 0 unspecified atom stereocenters. The van der Waals surface area contributed by atoms with Crippen molar-refractivity contribution in [3.63, 3.8) is 0 Å². The van der Waals surface area contributed by atoms with Gasteiger partial charge in [0, 0.05) is 6.20 Å². The van der Waals surface area contributed by atoms with Crippen molar-refractivity contribution in [1.29, 1.82) is 5.26 Å². The summed E-state index contributed by atoms with van der Waals surface area (Å²) >= 11 is 0. The van der Waals surface area contributed by atoms with E-state index < -0.39 is 11.9 Å². The number of hydrogen-bond donors (Lipinski definition) is 2. The average molecular weight is 386 g/mol. The first-order valence-corrected chi connectivity index (χ1v) is 8.92. The lowest BCUT2D eigenvalue weighted by Gasteiger charge is -2.11. The molecule has 144 valence electrons. The highest BCUT2D eigenvalue weighted by Gasteiger charge is 2.15. The highest BCUT2D eigenvalue weighted by molar-refractivity contribution is 6.07. The molecule has 0 aliphatic carbocycles. The first-order chi connectivity index (χ1) is 14.1. The predicted molar refractivity (Wildman–Crippen MR) is 109 cm³/mol. The van der Waals surface area contributed by atoms with Crippen LogP contribution in [0, 0.1) is 11.3 Å². The smallest absolute Gasteiger partial charge is 0.340 e. The van der Waals surface area contributed by atoms with Crippen LogP contribution in [0.4, 0.5) is 17.2 Å². The Labute approximate surface area is 168 Å². The largest absolute Gasteiger partial charge is 0.462 e. The zero-order valence-electron chi connectivity index (χ0n) is 15.7.